The molecule has 19 heavy (non-hydrogen) atoms. The molecular formula is C16H26N2O. The Kier molecular flexibility index (Phi) is 5.83. The van der Waals surface area contributed by atoms with Crippen LogP contribution < -0.4 is 5.32 Å². The van der Waals surface area contributed by atoms with Crippen molar-refractivity contribution < 1.29 is 5.11 Å². The largest absolute Gasteiger partial charge is 0.396 e. The third-order valence-corrected chi connectivity index (χ3v) is 4.17. The average molecular weight is 262 g/mol. The van der Waals surface area contributed by atoms with E-state index in [1.54, 1.807) is 0 Å². The molecule has 106 valence electrons. The quantitative estimate of drug-likeness (QED) is 0.823. The van der Waals surface area contributed by atoms with Crippen LogP contribution in [-0.2, 0) is 6.54 Å². The summed E-state index contributed by atoms with van der Waals surface area (Å²) in [5.41, 5.74) is 1.38. The smallest absolute Gasteiger partial charge is 0.0446 e. The molecule has 1 fully saturated rings. The fourth-order valence-corrected chi connectivity index (χ4v) is 3.15. The number of nitrogens with zero attached hydrogens (tertiary/aromatic N) is 1. The zero-order chi connectivity index (χ0) is 13.5. The first-order valence-electron chi connectivity index (χ1n) is 7.41. The fourth-order valence-electron chi connectivity index (χ4n) is 3.15. The van der Waals surface area contributed by atoms with Crippen LogP contribution in [0.2, 0.25) is 0 Å². The predicted octanol–water partition coefficient (Wildman–Crippen LogP) is 2.01. The summed E-state index contributed by atoms with van der Waals surface area (Å²) in [6.45, 7) is 2.46. The average Bonchev–Trinajstić information content (AvgIpc) is 2.47. The molecule has 0 radical (unpaired) electrons. The Balaban J connectivity index is 2.02. The highest BCUT2D eigenvalue weighted by molar-refractivity contribution is 5.14. The Bertz CT molecular complexity index is 355. The second-order valence-electron chi connectivity index (χ2n) is 5.43. The third kappa shape index (κ3) is 4.03. The molecule has 2 atom stereocenters. The summed E-state index contributed by atoms with van der Waals surface area (Å²) in [7, 11) is 2.01. The summed E-state index contributed by atoms with van der Waals surface area (Å²) in [4.78, 5) is 2.58. The minimum Gasteiger partial charge on any atom is -0.396 e. The van der Waals surface area contributed by atoms with Crippen LogP contribution in [0.15, 0.2) is 30.3 Å². The van der Waals surface area contributed by atoms with E-state index in [2.05, 4.69) is 40.5 Å². The summed E-state index contributed by atoms with van der Waals surface area (Å²) < 4.78 is 0. The Morgan fingerprint density at radius 2 is 2.11 bits per heavy atom. The van der Waals surface area contributed by atoms with Gasteiger partial charge in [-0.3, -0.25) is 4.90 Å². The molecule has 3 heteroatoms. The van der Waals surface area contributed by atoms with Gasteiger partial charge in [-0.1, -0.05) is 36.8 Å². The van der Waals surface area contributed by atoms with Gasteiger partial charge in [-0.15, -0.1) is 0 Å². The molecule has 0 aliphatic carbocycles. The van der Waals surface area contributed by atoms with Crippen LogP contribution in [0.3, 0.4) is 0 Å². The number of hydrogen-bond donors (Lipinski definition) is 2. The van der Waals surface area contributed by atoms with Crippen LogP contribution in [0, 0.1) is 0 Å². The van der Waals surface area contributed by atoms with Crippen molar-refractivity contribution in [1.29, 1.82) is 0 Å². The van der Waals surface area contributed by atoms with E-state index in [-0.39, 0.29) is 6.61 Å². The Labute approximate surface area is 116 Å². The fraction of sp³-hybridized carbons (Fsp3) is 0.625. The SMILES string of the molecule is CN[C@@H](CCO)[C@H]1CCCCN1Cc1ccccc1. The molecule has 0 spiro atoms. The van der Waals surface area contributed by atoms with Gasteiger partial charge in [-0.2, -0.15) is 0 Å². The summed E-state index contributed by atoms with van der Waals surface area (Å²) in [6.07, 6.45) is 4.67. The predicted molar refractivity (Wildman–Crippen MR) is 79.0 cm³/mol. The second-order valence-corrected chi connectivity index (χ2v) is 5.43. The van der Waals surface area contributed by atoms with Crippen LogP contribution in [0.5, 0.6) is 0 Å². The van der Waals surface area contributed by atoms with E-state index < -0.39 is 0 Å². The molecule has 3 nitrogen and oxygen atoms in total. The van der Waals surface area contributed by atoms with Crippen molar-refractivity contribution in [3.05, 3.63) is 35.9 Å². The number of likely N-dealkylation sites (tertiary alicyclic amines) is 1. The highest BCUT2D eigenvalue weighted by atomic mass is 16.3. The van der Waals surface area contributed by atoms with E-state index in [1.807, 2.05) is 7.05 Å². The van der Waals surface area contributed by atoms with Crippen molar-refractivity contribution in [2.75, 3.05) is 20.2 Å². The van der Waals surface area contributed by atoms with Crippen LogP contribution >= 0.6 is 0 Å². The van der Waals surface area contributed by atoms with Crippen molar-refractivity contribution >= 4 is 0 Å². The summed E-state index contributed by atoms with van der Waals surface area (Å²) in [5, 5.41) is 12.6. The molecule has 1 aliphatic rings. The van der Waals surface area contributed by atoms with Gasteiger partial charge in [0.2, 0.25) is 0 Å². The minimum atomic E-state index is 0.265. The maximum atomic E-state index is 9.22. The third-order valence-electron chi connectivity index (χ3n) is 4.17. The lowest BCUT2D eigenvalue weighted by molar-refractivity contribution is 0.0977. The first kappa shape index (κ1) is 14.5. The van der Waals surface area contributed by atoms with Crippen LogP contribution in [0.4, 0.5) is 0 Å². The van der Waals surface area contributed by atoms with Crippen molar-refractivity contribution in [3.8, 4) is 0 Å². The van der Waals surface area contributed by atoms with Crippen molar-refractivity contribution in [2.24, 2.45) is 0 Å². The van der Waals surface area contributed by atoms with Crippen molar-refractivity contribution in [3.63, 3.8) is 0 Å². The highest BCUT2D eigenvalue weighted by Gasteiger charge is 2.28. The van der Waals surface area contributed by atoms with Gasteiger partial charge in [0.15, 0.2) is 0 Å². The maximum absolute atomic E-state index is 9.22. The highest BCUT2D eigenvalue weighted by Crippen LogP contribution is 2.23. The van der Waals surface area contributed by atoms with Gasteiger partial charge in [0.05, 0.1) is 0 Å². The topological polar surface area (TPSA) is 35.5 Å². The molecular weight excluding hydrogens is 236 g/mol. The van der Waals surface area contributed by atoms with E-state index >= 15 is 0 Å². The zero-order valence-electron chi connectivity index (χ0n) is 11.9. The number of aliphatic hydroxyl groups is 1. The Hall–Kier alpha value is -0.900. The van der Waals surface area contributed by atoms with Crippen molar-refractivity contribution in [1.82, 2.24) is 10.2 Å². The molecule has 0 saturated carbocycles. The van der Waals surface area contributed by atoms with Crippen LogP contribution in [-0.4, -0.2) is 42.3 Å². The molecule has 1 aromatic rings. The van der Waals surface area contributed by atoms with Gasteiger partial charge in [-0.05, 0) is 38.4 Å². The second kappa shape index (κ2) is 7.63. The van der Waals surface area contributed by atoms with Gasteiger partial charge in [0, 0.05) is 25.2 Å². The molecule has 1 saturated heterocycles. The lowest BCUT2D eigenvalue weighted by Crippen LogP contribution is -2.51. The zero-order valence-corrected chi connectivity index (χ0v) is 11.9. The standard InChI is InChI=1S/C16H26N2O/c1-17-15(10-12-19)16-9-5-6-11-18(16)13-14-7-3-2-4-8-14/h2-4,7-8,15-17,19H,5-6,9-13H2,1H3/t15-,16+/m0/s1. The lowest BCUT2D eigenvalue weighted by atomic mass is 9.93. The van der Waals surface area contributed by atoms with Gasteiger partial charge in [0.1, 0.15) is 0 Å². The van der Waals surface area contributed by atoms with E-state index in [9.17, 15) is 5.11 Å². The summed E-state index contributed by atoms with van der Waals surface area (Å²) >= 11 is 0. The molecule has 0 bridgehead atoms. The number of aliphatic hydroxyl groups excluding tert-OH is 1. The molecule has 2 N–H and O–H groups in total. The maximum Gasteiger partial charge on any atom is 0.0446 e. The lowest BCUT2D eigenvalue weighted by Gasteiger charge is -2.40. The van der Waals surface area contributed by atoms with Crippen LogP contribution in [0.1, 0.15) is 31.2 Å². The number of benzene rings is 1. The van der Waals surface area contributed by atoms with Gasteiger partial charge < -0.3 is 10.4 Å². The number of piperidine rings is 1. The number of hydrogen-bond acceptors (Lipinski definition) is 3. The summed E-state index contributed by atoms with van der Waals surface area (Å²) in [5.74, 6) is 0. The van der Waals surface area contributed by atoms with Crippen LogP contribution in [0.25, 0.3) is 0 Å². The Morgan fingerprint density at radius 1 is 1.32 bits per heavy atom. The first-order chi connectivity index (χ1) is 9.35. The van der Waals surface area contributed by atoms with Gasteiger partial charge in [-0.25, -0.2) is 0 Å². The van der Waals surface area contributed by atoms with Gasteiger partial charge >= 0.3 is 0 Å². The number of rotatable bonds is 6. The first-order valence-corrected chi connectivity index (χ1v) is 7.41. The Morgan fingerprint density at radius 3 is 2.79 bits per heavy atom. The van der Waals surface area contributed by atoms with Gasteiger partial charge in [0.25, 0.3) is 0 Å². The minimum absolute atomic E-state index is 0.265. The molecule has 0 unspecified atom stereocenters. The van der Waals surface area contributed by atoms with Crippen molar-refractivity contribution in [2.45, 2.75) is 44.3 Å². The van der Waals surface area contributed by atoms with E-state index in [1.165, 1.54) is 31.4 Å². The van der Waals surface area contributed by atoms with E-state index in [4.69, 9.17) is 0 Å². The molecule has 1 aromatic carbocycles. The molecule has 0 amide bonds. The van der Waals surface area contributed by atoms with E-state index in [0.717, 1.165) is 13.0 Å². The normalized spacial score (nSPS) is 22.3. The molecule has 0 aromatic heterocycles. The molecule has 2 rings (SSSR count). The number of likely N-dealkylation sites (N-methyl/N-ethyl adjacent to an activating group) is 1. The number of nitrogens with one attached hydrogen (secondary N) is 1. The summed E-state index contributed by atoms with van der Waals surface area (Å²) in [6, 6.07) is 11.6. The monoisotopic (exact) mass is 262 g/mol. The van der Waals surface area contributed by atoms with E-state index in [0.29, 0.717) is 12.1 Å². The molecule has 1 heterocycles. The molecule has 1 aliphatic heterocycles.